The van der Waals surface area contributed by atoms with Crippen molar-refractivity contribution in [3.05, 3.63) is 223 Å². The molecule has 5 saturated carbocycles. The average molecular weight is 1600 g/mol. The number of hydrogen-bond acceptors (Lipinski definition) is 6. The number of carbonyl (C=O) groups excluding carboxylic acids is 2. The largest absolute Gasteiger partial charge is 0.354 e. The molecule has 2 N–H and O–H groups in total. The van der Waals surface area contributed by atoms with Gasteiger partial charge < -0.3 is 9.97 Å². The fraction of sp³-hybridized carbons (Fsp3) is 0.469. The van der Waals surface area contributed by atoms with Crippen LogP contribution in [0.4, 0.5) is 0 Å². The summed E-state index contributed by atoms with van der Waals surface area (Å²) in [6, 6.07) is 43.5. The number of carbonyl (C=O) groups is 2. The van der Waals surface area contributed by atoms with Gasteiger partial charge in [0, 0.05) is 79.1 Å². The van der Waals surface area contributed by atoms with Gasteiger partial charge in [-0.15, -0.1) is 0 Å². The molecule has 8 nitrogen and oxygen atoms in total. The molecule has 21 rings (SSSR count). The van der Waals surface area contributed by atoms with E-state index in [0.717, 1.165) is 166 Å². The summed E-state index contributed by atoms with van der Waals surface area (Å²) >= 11 is 0. The third-order valence-corrected chi connectivity index (χ3v) is 33.3. The number of allylic oxidation sites excluding steroid dienone is 6. The average Bonchev–Trinajstić information content (AvgIpc) is 1.46. The van der Waals surface area contributed by atoms with Gasteiger partial charge in [0.1, 0.15) is 22.8 Å². The van der Waals surface area contributed by atoms with Gasteiger partial charge in [-0.2, -0.15) is 0 Å². The van der Waals surface area contributed by atoms with Crippen LogP contribution in [0.15, 0.2) is 156 Å². The molecule has 2 aliphatic heterocycles. The number of Topliss-reactive ketones (excluding diaryl/α,β-unsaturated/α-hetero) is 2. The standard InChI is InChI=1S/C113H126N6O2/c1-54-55(2)69-47-68(54)70-48-76-77(49-71(69)70)103(121)93-79-51-78(92(93)102(76)120)96-97(79)113(28)95-75-50-74(94(95)112(96,113)27)72-52-86-87(53-73(72)75)118-101-99-91(59-41-66(110(21,22)23)46-67(42-59)111(24,25)26)85-34-32-83(116-85)89(57-37-62(106(9,10)11)44-63(38-57)107(12,13)14)81-30-29-80(114-81)88(56-35-60(104(3,4)5)43-61(36-56)105(6,7)8)82-31-33-84(115-82)90(98(119-99)100(101)117-86)58-39-64(108(15,16)17)45-65(40-58)109(18,19)20/h29-46,52-53,68-69,74-79,94-97,115-116H,1-2,47-51H2,3-28H3/t68?,69?,74-,75+,76?,77?,78+,79-,94?,95?,96?,97?,112-,113+. The molecular formula is C113H126N6O2. The maximum Gasteiger partial charge on any atom is 0.163 e. The van der Waals surface area contributed by atoms with Gasteiger partial charge in [0.15, 0.2) is 11.6 Å². The van der Waals surface area contributed by atoms with Crippen LogP contribution in [-0.4, -0.2) is 41.5 Å². The van der Waals surface area contributed by atoms with Crippen molar-refractivity contribution < 1.29 is 9.59 Å². The molecule has 8 heteroatoms. The van der Waals surface area contributed by atoms with E-state index in [4.69, 9.17) is 19.9 Å². The second-order valence-electron chi connectivity index (χ2n) is 48.4. The molecule has 0 amide bonds. The van der Waals surface area contributed by atoms with Gasteiger partial charge in [-0.3, -0.25) is 9.59 Å². The Hall–Kier alpha value is -9.40. The number of ketones is 2. The first-order valence-corrected chi connectivity index (χ1v) is 45.8. The zero-order valence-corrected chi connectivity index (χ0v) is 77.0. The molecule has 14 atom stereocenters. The number of H-pyrrole nitrogens is 2. The van der Waals surface area contributed by atoms with Crippen LogP contribution in [0.1, 0.15) is 291 Å². The highest BCUT2D eigenvalue weighted by atomic mass is 16.1. The van der Waals surface area contributed by atoms with E-state index in [1.807, 2.05) is 0 Å². The lowest BCUT2D eigenvalue weighted by molar-refractivity contribution is -0.354. The van der Waals surface area contributed by atoms with E-state index in [0.29, 0.717) is 58.9 Å². The van der Waals surface area contributed by atoms with E-state index in [9.17, 15) is 0 Å². The highest BCUT2D eigenvalue weighted by molar-refractivity contribution is 6.16. The van der Waals surface area contributed by atoms with E-state index in [2.05, 4.69) is 324 Å². The van der Waals surface area contributed by atoms with Gasteiger partial charge in [-0.05, 0) is 271 Å². The lowest BCUT2D eigenvalue weighted by Crippen LogP contribution is -2.80. The number of benzene rings is 5. The summed E-state index contributed by atoms with van der Waals surface area (Å²) in [5.41, 5.74) is 37.1. The molecule has 5 aromatic carbocycles. The molecule has 0 spiro atoms. The van der Waals surface area contributed by atoms with Gasteiger partial charge in [-0.25, -0.2) is 19.9 Å². The lowest BCUT2D eigenvalue weighted by Gasteiger charge is -2.84. The van der Waals surface area contributed by atoms with Crippen LogP contribution in [-0.2, 0) is 52.9 Å². The number of hydrogen-bond donors (Lipinski definition) is 2. The summed E-state index contributed by atoms with van der Waals surface area (Å²) in [7, 11) is 0. The SMILES string of the molecule is C=C1C(=C)C2CC1C1=C2CC2C(=O)C3=C(C(=O)C2C1)[C@H]1C[C@@H]3C2C1[C@]1(C)C3C([C@@H]4C[C@H]3c3cc5nc6c(nc5cc34)-c3nc-6c(-c4cc(C(C)(C)C)cc(C(C)(C)C)c4)c4ccc([nH]4)c(-c4cc(C(C)(C)C)cc(C(C)(C)C)c4)c4nc(c(-c5cc(C(C)(C)C)cc(C(C)(C)C)c5)c5ccc([nH]5)c3-c3cc(C(C)(C)C)cc(C(C)(C)C)c3)C=C4)[C@]21C. The molecule has 121 heavy (non-hydrogen) atoms. The van der Waals surface area contributed by atoms with Gasteiger partial charge in [0.05, 0.1) is 22.4 Å². The summed E-state index contributed by atoms with van der Waals surface area (Å²) in [6.07, 6.45) is 9.10. The highest BCUT2D eigenvalue weighted by Gasteiger charge is 2.90. The van der Waals surface area contributed by atoms with E-state index >= 15 is 9.59 Å². The fourth-order valence-corrected chi connectivity index (χ4v) is 26.6. The maximum atomic E-state index is 15.6. The molecule has 6 heterocycles. The number of rotatable bonds is 4. The third kappa shape index (κ3) is 11.1. The van der Waals surface area contributed by atoms with Crippen LogP contribution in [0.2, 0.25) is 0 Å². The van der Waals surface area contributed by atoms with Crippen LogP contribution < -0.4 is 0 Å². The van der Waals surface area contributed by atoms with Gasteiger partial charge >= 0.3 is 0 Å². The molecular weight excluding hydrogens is 1470 g/mol. The highest BCUT2D eigenvalue weighted by Crippen LogP contribution is 2.94. The number of fused-ring (bicyclic) bond motifs is 37. The van der Waals surface area contributed by atoms with Crippen LogP contribution >= 0.6 is 0 Å². The molecule has 12 aliphatic rings. The Morgan fingerprint density at radius 2 is 0.595 bits per heavy atom. The van der Waals surface area contributed by atoms with Crippen molar-refractivity contribution >= 4 is 56.8 Å². The first kappa shape index (κ1) is 78.8. The normalized spacial score (nSPS) is 27.5. The lowest BCUT2D eigenvalue weighted by atomic mass is 9.20. The Bertz CT molecular complexity index is 6030. The summed E-state index contributed by atoms with van der Waals surface area (Å²) in [6.45, 7) is 70.5. The second-order valence-corrected chi connectivity index (χ2v) is 48.4. The third-order valence-electron chi connectivity index (χ3n) is 33.3. The zero-order valence-electron chi connectivity index (χ0n) is 77.0. The molecule has 8 unspecified atom stereocenters. The number of nitrogens with one attached hydrogen (secondary N) is 2. The Labute approximate surface area is 719 Å². The topological polar surface area (TPSA) is 117 Å². The van der Waals surface area contributed by atoms with Gasteiger partial charge in [0.25, 0.3) is 0 Å². The predicted molar refractivity (Wildman–Crippen MR) is 501 cm³/mol. The van der Waals surface area contributed by atoms with Gasteiger partial charge in [-0.1, -0.05) is 277 Å². The minimum atomic E-state index is -0.241. The van der Waals surface area contributed by atoms with Crippen LogP contribution in [0.25, 0.3) is 113 Å². The number of aromatic nitrogens is 6. The Kier molecular flexibility index (Phi) is 16.1. The number of aromatic amines is 2. The maximum absolute atomic E-state index is 15.6. The molecule has 4 aromatic heterocycles. The Morgan fingerprint density at radius 1 is 0.322 bits per heavy atom. The van der Waals surface area contributed by atoms with Crippen molar-refractivity contribution in [2.24, 2.45) is 70.0 Å². The molecule has 0 saturated heterocycles. The van der Waals surface area contributed by atoms with Crippen molar-refractivity contribution in [1.82, 2.24) is 29.9 Å². The molecule has 14 bridgehead atoms. The first-order valence-electron chi connectivity index (χ1n) is 45.8. The first-order chi connectivity index (χ1) is 56.4. The molecule has 9 aromatic rings. The monoisotopic (exact) mass is 1600 g/mol. The Morgan fingerprint density at radius 3 is 0.893 bits per heavy atom. The molecule has 620 valence electrons. The van der Waals surface area contributed by atoms with Crippen molar-refractivity contribution in [2.45, 2.75) is 267 Å². The zero-order chi connectivity index (χ0) is 85.8. The molecule has 10 aliphatic carbocycles. The molecule has 0 radical (unpaired) electrons. The van der Waals surface area contributed by atoms with E-state index < -0.39 is 0 Å². The van der Waals surface area contributed by atoms with Crippen molar-refractivity contribution in [1.29, 1.82) is 0 Å². The van der Waals surface area contributed by atoms with Crippen molar-refractivity contribution in [3.8, 4) is 67.3 Å². The fourth-order valence-electron chi connectivity index (χ4n) is 26.6. The van der Waals surface area contributed by atoms with Crippen molar-refractivity contribution in [3.63, 3.8) is 0 Å². The van der Waals surface area contributed by atoms with E-state index in [-0.39, 0.29) is 77.8 Å². The minimum absolute atomic E-state index is 0.0324. The summed E-state index contributed by atoms with van der Waals surface area (Å²) in [4.78, 5) is 64.7. The smallest absolute Gasteiger partial charge is 0.163 e. The van der Waals surface area contributed by atoms with Crippen LogP contribution in [0, 0.1) is 70.0 Å². The quantitative estimate of drug-likeness (QED) is 0.134. The van der Waals surface area contributed by atoms with E-state index in [1.54, 1.807) is 0 Å². The minimum Gasteiger partial charge on any atom is -0.354 e. The summed E-state index contributed by atoms with van der Waals surface area (Å²) in [5, 5.41) is 0. The van der Waals surface area contributed by atoms with Crippen molar-refractivity contribution in [2.75, 3.05) is 0 Å². The second kappa shape index (κ2) is 24.8. The van der Waals surface area contributed by atoms with E-state index in [1.165, 1.54) is 66.8 Å². The van der Waals surface area contributed by atoms with Crippen LogP contribution in [0.5, 0.6) is 0 Å². The number of nitrogens with zero attached hydrogens (tertiary/aromatic N) is 4. The summed E-state index contributed by atoms with van der Waals surface area (Å²) in [5.74, 6) is 3.49. The van der Waals surface area contributed by atoms with Crippen LogP contribution in [0.3, 0.4) is 0 Å². The summed E-state index contributed by atoms with van der Waals surface area (Å²) < 4.78 is 0. The predicted octanol–water partition coefficient (Wildman–Crippen LogP) is 28.1. The van der Waals surface area contributed by atoms with Gasteiger partial charge in [0.2, 0.25) is 0 Å². The Balaban J connectivity index is 0.837. The molecule has 5 fully saturated rings.